The molecule has 6 heteroatoms. The number of ether oxygens (including phenoxy) is 1. The first-order valence-electron chi connectivity index (χ1n) is 4.85. The predicted molar refractivity (Wildman–Crippen MR) is 63.9 cm³/mol. The highest BCUT2D eigenvalue weighted by molar-refractivity contribution is 6.19. The van der Waals surface area contributed by atoms with Gasteiger partial charge in [-0.15, -0.1) is 11.6 Å². The number of alkyl halides is 1. The number of nitrogens with one attached hydrogen (secondary N) is 1. The van der Waals surface area contributed by atoms with Gasteiger partial charge in [-0.2, -0.15) is 0 Å². The first-order chi connectivity index (χ1) is 8.08. The summed E-state index contributed by atoms with van der Waals surface area (Å²) < 4.78 is 4.96. The molecule has 0 saturated heterocycles. The number of aromatic carboxylic acids is 1. The average molecular weight is 258 g/mol. The number of hydrogen-bond donors (Lipinski definition) is 2. The van der Waals surface area contributed by atoms with E-state index >= 15 is 0 Å². The van der Waals surface area contributed by atoms with Crippen LogP contribution in [0.4, 0.5) is 5.69 Å². The first kappa shape index (κ1) is 13.3. The molecular weight excluding hydrogens is 246 g/mol. The fourth-order valence-electron chi connectivity index (χ4n) is 1.24. The molecule has 1 rings (SSSR count). The Labute approximate surface area is 103 Å². The predicted octanol–water partition coefficient (Wildman–Crippen LogP) is 1.96. The van der Waals surface area contributed by atoms with Gasteiger partial charge < -0.3 is 15.2 Å². The van der Waals surface area contributed by atoms with Crippen molar-refractivity contribution in [1.82, 2.24) is 0 Å². The van der Waals surface area contributed by atoms with Crippen LogP contribution < -0.4 is 10.1 Å². The third kappa shape index (κ3) is 3.64. The van der Waals surface area contributed by atoms with E-state index in [9.17, 15) is 9.59 Å². The van der Waals surface area contributed by atoms with Crippen LogP contribution in [0.5, 0.6) is 5.75 Å². The molecule has 0 aromatic heterocycles. The van der Waals surface area contributed by atoms with Gasteiger partial charge in [-0.25, -0.2) is 4.79 Å². The minimum Gasteiger partial charge on any atom is -0.497 e. The van der Waals surface area contributed by atoms with E-state index in [1.54, 1.807) is 0 Å². The Morgan fingerprint density at radius 3 is 2.71 bits per heavy atom. The Kier molecular flexibility index (Phi) is 4.78. The van der Waals surface area contributed by atoms with Gasteiger partial charge in [-0.3, -0.25) is 4.79 Å². The monoisotopic (exact) mass is 257 g/mol. The maximum Gasteiger partial charge on any atom is 0.337 e. The van der Waals surface area contributed by atoms with Gasteiger partial charge in [0.2, 0.25) is 5.91 Å². The Bertz CT molecular complexity index is 433. The lowest BCUT2D eigenvalue weighted by Crippen LogP contribution is -2.14. The Morgan fingerprint density at radius 1 is 1.47 bits per heavy atom. The first-order valence-corrected chi connectivity index (χ1v) is 5.39. The van der Waals surface area contributed by atoms with E-state index in [2.05, 4.69) is 5.32 Å². The van der Waals surface area contributed by atoms with Crippen LogP contribution in [0.1, 0.15) is 16.8 Å². The number of halogens is 1. The fourth-order valence-corrected chi connectivity index (χ4v) is 1.41. The molecule has 1 aromatic carbocycles. The zero-order valence-corrected chi connectivity index (χ0v) is 9.95. The standard InChI is InChI=1S/C11H12ClNO4/c1-17-7-2-3-8(11(15)16)9(6-7)13-10(14)4-5-12/h2-3,6H,4-5H2,1H3,(H,13,14)(H,15,16). The van der Waals surface area contributed by atoms with Crippen molar-refractivity contribution in [3.05, 3.63) is 23.8 Å². The third-order valence-electron chi connectivity index (χ3n) is 2.05. The molecule has 1 amide bonds. The molecule has 1 aromatic rings. The van der Waals surface area contributed by atoms with Gasteiger partial charge in [0.25, 0.3) is 0 Å². The summed E-state index contributed by atoms with van der Waals surface area (Å²) in [5.41, 5.74) is 0.209. The highest BCUT2D eigenvalue weighted by atomic mass is 35.5. The summed E-state index contributed by atoms with van der Waals surface area (Å²) in [6, 6.07) is 4.34. The van der Waals surface area contributed by atoms with E-state index in [0.29, 0.717) is 5.75 Å². The summed E-state index contributed by atoms with van der Waals surface area (Å²) >= 11 is 5.42. The Balaban J connectivity index is 3.00. The molecule has 0 aliphatic carbocycles. The lowest BCUT2D eigenvalue weighted by Gasteiger charge is -2.09. The minimum absolute atomic E-state index is 0.00808. The lowest BCUT2D eigenvalue weighted by molar-refractivity contribution is -0.115. The number of carbonyl (C=O) groups excluding carboxylic acids is 1. The lowest BCUT2D eigenvalue weighted by atomic mass is 10.1. The van der Waals surface area contributed by atoms with Gasteiger partial charge in [-0.05, 0) is 12.1 Å². The van der Waals surface area contributed by atoms with Crippen molar-refractivity contribution in [3.8, 4) is 5.75 Å². The zero-order valence-electron chi connectivity index (χ0n) is 9.20. The van der Waals surface area contributed by atoms with Gasteiger partial charge in [-0.1, -0.05) is 0 Å². The molecule has 2 N–H and O–H groups in total. The summed E-state index contributed by atoms with van der Waals surface area (Å²) in [5.74, 6) is -0.807. The molecule has 0 spiro atoms. The highest BCUT2D eigenvalue weighted by Crippen LogP contribution is 2.22. The molecule has 0 fully saturated rings. The second-order valence-electron chi connectivity index (χ2n) is 3.20. The second-order valence-corrected chi connectivity index (χ2v) is 3.58. The molecular formula is C11H12ClNO4. The quantitative estimate of drug-likeness (QED) is 0.791. The van der Waals surface area contributed by atoms with Gasteiger partial charge >= 0.3 is 5.97 Å². The van der Waals surface area contributed by atoms with Gasteiger partial charge in [0, 0.05) is 18.4 Å². The minimum atomic E-state index is -1.12. The number of hydrogen-bond acceptors (Lipinski definition) is 3. The number of carbonyl (C=O) groups is 2. The smallest absolute Gasteiger partial charge is 0.337 e. The number of rotatable bonds is 5. The van der Waals surface area contributed by atoms with Crippen molar-refractivity contribution in [3.63, 3.8) is 0 Å². The Morgan fingerprint density at radius 2 is 2.18 bits per heavy atom. The zero-order chi connectivity index (χ0) is 12.8. The van der Waals surface area contributed by atoms with Crippen LogP contribution in [0, 0.1) is 0 Å². The van der Waals surface area contributed by atoms with Crippen molar-refractivity contribution in [2.45, 2.75) is 6.42 Å². The third-order valence-corrected chi connectivity index (χ3v) is 2.24. The van der Waals surface area contributed by atoms with Crippen LogP contribution in [0.25, 0.3) is 0 Å². The van der Waals surface area contributed by atoms with Crippen molar-refractivity contribution >= 4 is 29.2 Å². The number of methoxy groups -OCH3 is 1. The molecule has 92 valence electrons. The van der Waals surface area contributed by atoms with E-state index in [1.165, 1.54) is 25.3 Å². The van der Waals surface area contributed by atoms with Crippen LogP contribution in [-0.2, 0) is 4.79 Å². The number of amides is 1. The van der Waals surface area contributed by atoms with Crippen LogP contribution in [-0.4, -0.2) is 30.0 Å². The van der Waals surface area contributed by atoms with E-state index in [1.807, 2.05) is 0 Å². The number of anilines is 1. The Hall–Kier alpha value is -1.75. The van der Waals surface area contributed by atoms with Gasteiger partial charge in [0.1, 0.15) is 5.75 Å². The van der Waals surface area contributed by atoms with E-state index in [-0.39, 0.29) is 29.5 Å². The molecule has 0 radical (unpaired) electrons. The summed E-state index contributed by atoms with van der Waals surface area (Å²) in [7, 11) is 1.46. The molecule has 0 unspecified atom stereocenters. The summed E-state index contributed by atoms with van der Waals surface area (Å²) in [5, 5.41) is 11.4. The van der Waals surface area contributed by atoms with Crippen molar-refractivity contribution < 1.29 is 19.4 Å². The fraction of sp³-hybridized carbons (Fsp3) is 0.273. The number of carboxylic acids is 1. The SMILES string of the molecule is COc1ccc(C(=O)O)c(NC(=O)CCCl)c1. The van der Waals surface area contributed by atoms with Crippen molar-refractivity contribution in [2.75, 3.05) is 18.3 Å². The molecule has 0 atom stereocenters. The maximum absolute atomic E-state index is 11.4. The second kappa shape index (κ2) is 6.10. The molecule has 17 heavy (non-hydrogen) atoms. The summed E-state index contributed by atoms with van der Waals surface area (Å²) in [4.78, 5) is 22.3. The highest BCUT2D eigenvalue weighted by Gasteiger charge is 2.13. The molecule has 5 nitrogen and oxygen atoms in total. The molecule has 0 aliphatic rings. The maximum atomic E-state index is 11.4. The van der Waals surface area contributed by atoms with E-state index in [0.717, 1.165) is 0 Å². The van der Waals surface area contributed by atoms with Crippen molar-refractivity contribution in [1.29, 1.82) is 0 Å². The van der Waals surface area contributed by atoms with Crippen LogP contribution in [0.3, 0.4) is 0 Å². The largest absolute Gasteiger partial charge is 0.497 e. The van der Waals surface area contributed by atoms with E-state index in [4.69, 9.17) is 21.4 Å². The van der Waals surface area contributed by atoms with Crippen LogP contribution in [0.15, 0.2) is 18.2 Å². The molecule has 0 bridgehead atoms. The number of benzene rings is 1. The van der Waals surface area contributed by atoms with Crippen LogP contribution in [0.2, 0.25) is 0 Å². The van der Waals surface area contributed by atoms with E-state index < -0.39 is 5.97 Å². The van der Waals surface area contributed by atoms with Crippen molar-refractivity contribution in [2.24, 2.45) is 0 Å². The molecule has 0 saturated carbocycles. The van der Waals surface area contributed by atoms with Gasteiger partial charge in [0.15, 0.2) is 0 Å². The summed E-state index contributed by atoms with van der Waals surface area (Å²) in [6.45, 7) is 0. The summed E-state index contributed by atoms with van der Waals surface area (Å²) in [6.07, 6.45) is 0.123. The average Bonchev–Trinajstić information content (AvgIpc) is 2.28. The van der Waals surface area contributed by atoms with Gasteiger partial charge in [0.05, 0.1) is 18.4 Å². The van der Waals surface area contributed by atoms with Crippen LogP contribution >= 0.6 is 11.6 Å². The normalized spacial score (nSPS) is 9.76. The molecule has 0 aliphatic heterocycles. The molecule has 0 heterocycles. The topological polar surface area (TPSA) is 75.6 Å². The number of carboxylic acid groups (broad SMARTS) is 1.